The molecule has 1 aromatic rings. The molecule has 0 radical (unpaired) electrons. The lowest BCUT2D eigenvalue weighted by Crippen LogP contribution is -2.42. The molecule has 2 N–H and O–H groups in total. The van der Waals surface area contributed by atoms with Crippen molar-refractivity contribution in [2.45, 2.75) is 51.7 Å². The summed E-state index contributed by atoms with van der Waals surface area (Å²) in [6.07, 6.45) is 3.40. The number of ether oxygens (including phenoxy) is 1. The van der Waals surface area contributed by atoms with Crippen LogP contribution >= 0.6 is 0 Å². The third-order valence-electron chi connectivity index (χ3n) is 5.20. The molecule has 1 aromatic carbocycles. The Kier molecular flexibility index (Phi) is 4.51. The molecular formula is C18H27NO2. The quantitative estimate of drug-likeness (QED) is 0.895. The highest BCUT2D eigenvalue weighted by atomic mass is 16.5. The van der Waals surface area contributed by atoms with E-state index >= 15 is 0 Å². The molecule has 0 bridgehead atoms. The zero-order valence-corrected chi connectivity index (χ0v) is 13.1. The lowest BCUT2D eigenvalue weighted by Gasteiger charge is -2.36. The van der Waals surface area contributed by atoms with Crippen LogP contribution in [0.25, 0.3) is 0 Å². The summed E-state index contributed by atoms with van der Waals surface area (Å²) in [5, 5.41) is 13.9. The fourth-order valence-corrected chi connectivity index (χ4v) is 3.88. The topological polar surface area (TPSA) is 41.5 Å². The molecule has 0 unspecified atom stereocenters. The summed E-state index contributed by atoms with van der Waals surface area (Å²) in [6.45, 7) is 6.46. The Morgan fingerprint density at radius 3 is 2.33 bits per heavy atom. The van der Waals surface area contributed by atoms with E-state index in [2.05, 4.69) is 37.4 Å². The molecule has 116 valence electrons. The largest absolute Gasteiger partial charge is 0.487 e. The van der Waals surface area contributed by atoms with E-state index in [0.717, 1.165) is 44.5 Å². The second kappa shape index (κ2) is 6.37. The monoisotopic (exact) mass is 289 g/mol. The predicted molar refractivity (Wildman–Crippen MR) is 84.7 cm³/mol. The van der Waals surface area contributed by atoms with Crippen molar-refractivity contribution in [1.29, 1.82) is 0 Å². The van der Waals surface area contributed by atoms with Crippen LogP contribution in [0.1, 0.15) is 37.8 Å². The van der Waals surface area contributed by atoms with Gasteiger partial charge in [-0.25, -0.2) is 0 Å². The maximum atomic E-state index is 10.5. The molecule has 1 heterocycles. The summed E-state index contributed by atoms with van der Waals surface area (Å²) in [6, 6.07) is 6.39. The fourth-order valence-electron chi connectivity index (χ4n) is 3.88. The lowest BCUT2D eigenvalue weighted by atomic mass is 9.78. The van der Waals surface area contributed by atoms with Crippen LogP contribution in [-0.4, -0.2) is 30.4 Å². The molecule has 0 amide bonds. The predicted octanol–water partition coefficient (Wildman–Crippen LogP) is 2.55. The molecule has 0 aromatic heterocycles. The summed E-state index contributed by atoms with van der Waals surface area (Å²) in [5.74, 6) is 2.32. The number of rotatable bonds is 4. The average Bonchev–Trinajstić information content (AvgIpc) is 2.94. The van der Waals surface area contributed by atoms with Crippen LogP contribution < -0.4 is 10.1 Å². The van der Waals surface area contributed by atoms with Crippen LogP contribution in [-0.2, 0) is 12.8 Å². The fraction of sp³-hybridized carbons (Fsp3) is 0.667. The van der Waals surface area contributed by atoms with E-state index in [4.69, 9.17) is 4.74 Å². The first kappa shape index (κ1) is 14.9. The standard InChI is InChI=1S/C18H27NO2/c1-3-12-6-5-7-13(4-2)18(12)21-17-9-15-11-19-10-14(15)8-16(17)20/h5-7,14-17,19-20H,3-4,8-11H2,1-2H3/t14-,15+,16+,17+/m0/s1. The SMILES string of the molecule is CCc1cccc(CC)c1O[C@@H]1C[C@@H]2CNC[C@@H]2C[C@H]1O. The van der Waals surface area contributed by atoms with Crippen molar-refractivity contribution in [3.05, 3.63) is 29.3 Å². The third kappa shape index (κ3) is 2.95. The Bertz CT molecular complexity index is 466. The normalized spacial score (nSPS) is 32.0. The minimum absolute atomic E-state index is 0.0517. The zero-order valence-electron chi connectivity index (χ0n) is 13.1. The summed E-state index contributed by atoms with van der Waals surface area (Å²) >= 11 is 0. The Hall–Kier alpha value is -1.06. The minimum atomic E-state index is -0.333. The van der Waals surface area contributed by atoms with E-state index in [1.54, 1.807) is 0 Å². The van der Waals surface area contributed by atoms with Gasteiger partial charge in [0.25, 0.3) is 0 Å². The van der Waals surface area contributed by atoms with Crippen molar-refractivity contribution < 1.29 is 9.84 Å². The molecule has 2 aliphatic rings. The molecule has 3 rings (SSSR count). The van der Waals surface area contributed by atoms with Gasteiger partial charge in [0.1, 0.15) is 11.9 Å². The number of aliphatic hydroxyl groups is 1. The number of fused-ring (bicyclic) bond motifs is 1. The first-order valence-electron chi connectivity index (χ1n) is 8.39. The van der Waals surface area contributed by atoms with Gasteiger partial charge in [0, 0.05) is 0 Å². The maximum Gasteiger partial charge on any atom is 0.126 e. The smallest absolute Gasteiger partial charge is 0.126 e. The van der Waals surface area contributed by atoms with Gasteiger partial charge in [-0.3, -0.25) is 0 Å². The van der Waals surface area contributed by atoms with Gasteiger partial charge in [-0.1, -0.05) is 32.0 Å². The number of aliphatic hydroxyl groups excluding tert-OH is 1. The van der Waals surface area contributed by atoms with Gasteiger partial charge in [0.2, 0.25) is 0 Å². The molecule has 1 aliphatic heterocycles. The zero-order chi connectivity index (χ0) is 14.8. The van der Waals surface area contributed by atoms with Crippen LogP contribution in [0.5, 0.6) is 5.75 Å². The second-order valence-corrected chi connectivity index (χ2v) is 6.49. The molecule has 1 saturated heterocycles. The molecule has 0 spiro atoms. The number of para-hydroxylation sites is 1. The first-order valence-corrected chi connectivity index (χ1v) is 8.39. The van der Waals surface area contributed by atoms with Crippen molar-refractivity contribution >= 4 is 0 Å². The molecule has 3 nitrogen and oxygen atoms in total. The van der Waals surface area contributed by atoms with Crippen LogP contribution in [0.3, 0.4) is 0 Å². The number of benzene rings is 1. The minimum Gasteiger partial charge on any atom is -0.487 e. The highest BCUT2D eigenvalue weighted by Gasteiger charge is 2.40. The second-order valence-electron chi connectivity index (χ2n) is 6.49. The van der Waals surface area contributed by atoms with E-state index in [9.17, 15) is 5.11 Å². The van der Waals surface area contributed by atoms with Gasteiger partial charge in [-0.05, 0) is 61.7 Å². The van der Waals surface area contributed by atoms with Gasteiger partial charge in [0.15, 0.2) is 0 Å². The third-order valence-corrected chi connectivity index (χ3v) is 5.20. The Morgan fingerprint density at radius 1 is 1.10 bits per heavy atom. The Morgan fingerprint density at radius 2 is 1.71 bits per heavy atom. The van der Waals surface area contributed by atoms with E-state index < -0.39 is 0 Å². The van der Waals surface area contributed by atoms with Gasteiger partial charge < -0.3 is 15.2 Å². The van der Waals surface area contributed by atoms with Crippen LogP contribution in [0, 0.1) is 11.8 Å². The highest BCUT2D eigenvalue weighted by molar-refractivity contribution is 5.42. The van der Waals surface area contributed by atoms with E-state index in [1.807, 2.05) is 0 Å². The van der Waals surface area contributed by atoms with Crippen molar-refractivity contribution in [2.24, 2.45) is 11.8 Å². The number of hydrogen-bond acceptors (Lipinski definition) is 3. The number of aryl methyl sites for hydroxylation is 2. The average molecular weight is 289 g/mol. The van der Waals surface area contributed by atoms with Crippen molar-refractivity contribution in [3.63, 3.8) is 0 Å². The summed E-state index contributed by atoms with van der Waals surface area (Å²) in [4.78, 5) is 0. The van der Waals surface area contributed by atoms with Crippen LogP contribution in [0.2, 0.25) is 0 Å². The van der Waals surface area contributed by atoms with Crippen molar-refractivity contribution in [3.8, 4) is 5.75 Å². The van der Waals surface area contributed by atoms with Gasteiger partial charge >= 0.3 is 0 Å². The molecule has 3 heteroatoms. The molecular weight excluding hydrogens is 262 g/mol. The summed E-state index contributed by atoms with van der Waals surface area (Å²) in [5.41, 5.74) is 2.52. The lowest BCUT2D eigenvalue weighted by molar-refractivity contribution is -0.0238. The Balaban J connectivity index is 1.79. The van der Waals surface area contributed by atoms with Crippen LogP contribution in [0.4, 0.5) is 0 Å². The Labute approximate surface area is 127 Å². The molecule has 2 fully saturated rings. The van der Waals surface area contributed by atoms with E-state index in [0.29, 0.717) is 11.8 Å². The van der Waals surface area contributed by atoms with Crippen molar-refractivity contribution in [2.75, 3.05) is 13.1 Å². The highest BCUT2D eigenvalue weighted by Crippen LogP contribution is 2.36. The molecule has 1 saturated carbocycles. The van der Waals surface area contributed by atoms with Crippen LogP contribution in [0.15, 0.2) is 18.2 Å². The summed E-state index contributed by atoms with van der Waals surface area (Å²) < 4.78 is 6.34. The first-order chi connectivity index (χ1) is 10.2. The summed E-state index contributed by atoms with van der Waals surface area (Å²) in [7, 11) is 0. The van der Waals surface area contributed by atoms with Gasteiger partial charge in [0.05, 0.1) is 6.10 Å². The molecule has 4 atom stereocenters. The number of hydrogen-bond donors (Lipinski definition) is 2. The van der Waals surface area contributed by atoms with Gasteiger partial charge in [-0.2, -0.15) is 0 Å². The number of nitrogens with one attached hydrogen (secondary N) is 1. The van der Waals surface area contributed by atoms with E-state index in [-0.39, 0.29) is 12.2 Å². The van der Waals surface area contributed by atoms with E-state index in [1.165, 1.54) is 11.1 Å². The molecule has 1 aliphatic carbocycles. The maximum absolute atomic E-state index is 10.5. The molecule has 21 heavy (non-hydrogen) atoms. The van der Waals surface area contributed by atoms with Crippen molar-refractivity contribution in [1.82, 2.24) is 5.32 Å². The van der Waals surface area contributed by atoms with Gasteiger partial charge in [-0.15, -0.1) is 0 Å².